The van der Waals surface area contributed by atoms with Crippen LogP contribution in [0, 0.1) is 5.41 Å². The molecule has 1 heterocycles. The molecule has 0 atom stereocenters. The summed E-state index contributed by atoms with van der Waals surface area (Å²) in [4.78, 5) is 41.3. The van der Waals surface area contributed by atoms with Gasteiger partial charge in [-0.1, -0.05) is 13.8 Å². The third kappa shape index (κ3) is 6.00. The van der Waals surface area contributed by atoms with Crippen LogP contribution < -0.4 is 4.90 Å². The third-order valence-corrected chi connectivity index (χ3v) is 5.00. The van der Waals surface area contributed by atoms with Crippen molar-refractivity contribution in [3.63, 3.8) is 0 Å². The van der Waals surface area contributed by atoms with Gasteiger partial charge in [-0.25, -0.2) is 8.42 Å². The molecule has 0 aromatic heterocycles. The van der Waals surface area contributed by atoms with Crippen LogP contribution in [0.25, 0.3) is 0 Å². The summed E-state index contributed by atoms with van der Waals surface area (Å²) in [5.74, 6) is -1.98. The van der Waals surface area contributed by atoms with Gasteiger partial charge in [0.25, 0.3) is 22.8 Å². The Morgan fingerprint density at radius 1 is 1.13 bits per heavy atom. The number of likely N-dealkylation sites (N-methyl/N-ethyl adjacent to an activating group) is 1. The molecule has 166 valence electrons. The maximum atomic E-state index is 12.9. The smallest absolute Gasteiger partial charge is 0.303 e. The summed E-state index contributed by atoms with van der Waals surface area (Å²) in [5, 5.41) is 9.05. The van der Waals surface area contributed by atoms with E-state index in [2.05, 4.69) is 0 Å². The fraction of sp³-hybridized carbons (Fsp3) is 0.526. The number of amides is 2. The summed E-state index contributed by atoms with van der Waals surface area (Å²) in [6.45, 7) is 4.17. The van der Waals surface area contributed by atoms with E-state index in [1.54, 1.807) is 24.8 Å². The monoisotopic (exact) mass is 441 g/mol. The Hall–Kier alpha value is -2.50. The Bertz CT molecular complexity index is 903. The predicted octanol–water partition coefficient (Wildman–Crippen LogP) is 0.652. The van der Waals surface area contributed by atoms with Crippen LogP contribution in [-0.2, 0) is 20.0 Å². The normalized spacial score (nSPS) is 14.0. The summed E-state index contributed by atoms with van der Waals surface area (Å²) in [6.07, 6.45) is -0.186. The highest BCUT2D eigenvalue weighted by Gasteiger charge is 2.39. The molecule has 1 aliphatic rings. The van der Waals surface area contributed by atoms with Crippen LogP contribution in [0.4, 0.5) is 5.69 Å². The zero-order chi connectivity index (χ0) is 22.6. The van der Waals surface area contributed by atoms with Gasteiger partial charge < -0.3 is 14.9 Å². The van der Waals surface area contributed by atoms with E-state index < -0.39 is 34.2 Å². The maximum Gasteiger partial charge on any atom is 0.303 e. The molecular formula is C19H27N3O7S. The number of carbonyl (C=O) groups excluding carboxylic acids is 2. The third-order valence-electron chi connectivity index (χ3n) is 4.67. The molecule has 10 nitrogen and oxygen atoms in total. The zero-order valence-corrected chi connectivity index (χ0v) is 18.3. The van der Waals surface area contributed by atoms with Gasteiger partial charge in [0.2, 0.25) is 0 Å². The molecule has 1 aromatic carbocycles. The van der Waals surface area contributed by atoms with Crippen molar-refractivity contribution >= 4 is 34.5 Å². The molecule has 1 aliphatic heterocycles. The first-order valence-electron chi connectivity index (χ1n) is 9.30. The summed E-state index contributed by atoms with van der Waals surface area (Å²) >= 11 is 0. The van der Waals surface area contributed by atoms with Crippen LogP contribution in [0.2, 0.25) is 0 Å². The van der Waals surface area contributed by atoms with Gasteiger partial charge in [0.15, 0.2) is 0 Å². The molecule has 2 amide bonds. The fourth-order valence-corrected chi connectivity index (χ4v) is 3.45. The lowest BCUT2D eigenvalue weighted by Crippen LogP contribution is -2.39. The average molecular weight is 442 g/mol. The second-order valence-electron chi connectivity index (χ2n) is 8.21. The number of carboxylic acids is 1. The molecule has 1 aromatic rings. The van der Waals surface area contributed by atoms with E-state index in [1.807, 2.05) is 19.0 Å². The first kappa shape index (κ1) is 23.8. The topological polar surface area (TPSA) is 125 Å². The van der Waals surface area contributed by atoms with Crippen molar-refractivity contribution in [2.24, 2.45) is 5.41 Å². The minimum absolute atomic E-state index is 0.0227. The number of hydrogen-bond acceptors (Lipinski definition) is 8. The van der Waals surface area contributed by atoms with Gasteiger partial charge in [-0.05, 0) is 37.7 Å². The lowest BCUT2D eigenvalue weighted by molar-refractivity contribution is -0.139. The van der Waals surface area contributed by atoms with Crippen LogP contribution in [-0.4, -0.2) is 81.6 Å². The van der Waals surface area contributed by atoms with Crippen LogP contribution in [0.1, 0.15) is 41.0 Å². The number of benzene rings is 1. The second kappa shape index (κ2) is 9.54. The van der Waals surface area contributed by atoms with E-state index >= 15 is 0 Å². The van der Waals surface area contributed by atoms with Crippen LogP contribution >= 0.6 is 0 Å². The van der Waals surface area contributed by atoms with Crippen molar-refractivity contribution in [1.82, 2.24) is 9.80 Å². The van der Waals surface area contributed by atoms with E-state index in [0.29, 0.717) is 18.8 Å². The Labute approximate surface area is 177 Å². The molecule has 11 heteroatoms. The number of carboxylic acid groups (broad SMARTS) is 1. The van der Waals surface area contributed by atoms with Crippen LogP contribution in [0.5, 0.6) is 0 Å². The van der Waals surface area contributed by atoms with Crippen molar-refractivity contribution in [2.75, 3.05) is 45.4 Å². The molecule has 0 aliphatic carbocycles. The number of nitrogens with zero attached hydrogens (tertiary/aromatic N) is 3. The van der Waals surface area contributed by atoms with Gasteiger partial charge in [0.05, 0.1) is 17.5 Å². The molecular weight excluding hydrogens is 414 g/mol. The standard InChI is InChI=1S/C19H27N3O7S/c1-19(2,10-16(23)24)11-22-17(25)14-6-5-13(9-15(14)18(22)26)21(8-7-20(3)4)12-29-30(27)28/h5-6,9,30H,7-8,10-12H2,1-4H3,(H,23,24). The van der Waals surface area contributed by atoms with E-state index in [1.165, 1.54) is 12.1 Å². The minimum atomic E-state index is -3.03. The van der Waals surface area contributed by atoms with Crippen molar-refractivity contribution in [3.05, 3.63) is 29.3 Å². The van der Waals surface area contributed by atoms with E-state index in [9.17, 15) is 22.8 Å². The number of thiol groups is 1. The van der Waals surface area contributed by atoms with E-state index in [4.69, 9.17) is 9.29 Å². The SMILES string of the molecule is CN(C)CCN(CO[SH](=O)=O)c1ccc2c(c1)C(=O)N(CC(C)(C)CC(=O)O)C2=O. The largest absolute Gasteiger partial charge is 0.481 e. The predicted molar refractivity (Wildman–Crippen MR) is 110 cm³/mol. The summed E-state index contributed by atoms with van der Waals surface area (Å²) in [6, 6.07) is 4.69. The van der Waals surface area contributed by atoms with Gasteiger partial charge in [0, 0.05) is 25.3 Å². The Kier molecular flexibility index (Phi) is 7.56. The van der Waals surface area contributed by atoms with Crippen molar-refractivity contribution < 1.29 is 32.1 Å². The molecule has 0 bridgehead atoms. The van der Waals surface area contributed by atoms with Crippen LogP contribution in [0.3, 0.4) is 0 Å². The Morgan fingerprint density at radius 3 is 2.33 bits per heavy atom. The van der Waals surface area contributed by atoms with E-state index in [-0.39, 0.29) is 30.8 Å². The quantitative estimate of drug-likeness (QED) is 0.289. The Balaban J connectivity index is 2.28. The van der Waals surface area contributed by atoms with Gasteiger partial charge in [0.1, 0.15) is 6.73 Å². The molecule has 0 saturated carbocycles. The summed E-state index contributed by atoms with van der Waals surface area (Å²) in [5.41, 5.74) is 0.191. The molecule has 0 unspecified atom stereocenters. The first-order valence-corrected chi connectivity index (χ1v) is 10.4. The van der Waals surface area contributed by atoms with Gasteiger partial charge >= 0.3 is 5.97 Å². The van der Waals surface area contributed by atoms with Gasteiger partial charge in [-0.2, -0.15) is 0 Å². The molecule has 0 spiro atoms. The highest BCUT2D eigenvalue weighted by Crippen LogP contribution is 2.31. The first-order chi connectivity index (χ1) is 13.9. The number of carbonyl (C=O) groups is 3. The highest BCUT2D eigenvalue weighted by atomic mass is 32.2. The zero-order valence-electron chi connectivity index (χ0n) is 17.5. The van der Waals surface area contributed by atoms with Gasteiger partial charge in [-0.15, -0.1) is 0 Å². The number of aliphatic carboxylic acids is 1. The molecule has 2 rings (SSSR count). The number of anilines is 1. The molecule has 30 heavy (non-hydrogen) atoms. The number of imide groups is 1. The lowest BCUT2D eigenvalue weighted by Gasteiger charge is -2.27. The number of hydrogen-bond donors (Lipinski definition) is 2. The van der Waals surface area contributed by atoms with Gasteiger partial charge in [-0.3, -0.25) is 23.5 Å². The second-order valence-corrected chi connectivity index (χ2v) is 8.92. The lowest BCUT2D eigenvalue weighted by atomic mass is 9.89. The Morgan fingerprint density at radius 2 is 1.77 bits per heavy atom. The highest BCUT2D eigenvalue weighted by molar-refractivity contribution is 7.67. The van der Waals surface area contributed by atoms with Crippen LogP contribution in [0.15, 0.2) is 18.2 Å². The van der Waals surface area contributed by atoms with Crippen molar-refractivity contribution in [1.29, 1.82) is 0 Å². The molecule has 1 N–H and O–H groups in total. The fourth-order valence-electron chi connectivity index (χ4n) is 3.22. The molecule has 0 saturated heterocycles. The van der Waals surface area contributed by atoms with Crippen molar-refractivity contribution in [3.8, 4) is 0 Å². The van der Waals surface area contributed by atoms with Crippen molar-refractivity contribution in [2.45, 2.75) is 20.3 Å². The molecule has 0 fully saturated rings. The number of fused-ring (bicyclic) bond motifs is 1. The molecule has 0 radical (unpaired) electrons. The average Bonchev–Trinajstić information content (AvgIpc) is 2.84. The summed E-state index contributed by atoms with van der Waals surface area (Å²) in [7, 11) is 0.706. The van der Waals surface area contributed by atoms with E-state index in [0.717, 1.165) is 4.90 Å². The number of rotatable bonds is 11. The maximum absolute atomic E-state index is 12.9. The summed E-state index contributed by atoms with van der Waals surface area (Å²) < 4.78 is 26.4. The minimum Gasteiger partial charge on any atom is -0.481 e.